The van der Waals surface area contributed by atoms with Crippen LogP contribution in [0.3, 0.4) is 0 Å². The van der Waals surface area contributed by atoms with E-state index in [2.05, 4.69) is 5.16 Å². The molecule has 11 heteroatoms. The van der Waals surface area contributed by atoms with Crippen molar-refractivity contribution in [2.45, 2.75) is 50.1 Å². The number of benzene rings is 2. The van der Waals surface area contributed by atoms with Gasteiger partial charge in [-0.1, -0.05) is 29.4 Å². The summed E-state index contributed by atoms with van der Waals surface area (Å²) in [6.07, 6.45) is -0.434. The monoisotopic (exact) mass is 496 g/mol. The molecule has 0 aliphatic carbocycles. The first-order chi connectivity index (χ1) is 15.9. The predicted molar refractivity (Wildman–Crippen MR) is 121 cm³/mol. The van der Waals surface area contributed by atoms with Crippen molar-refractivity contribution >= 4 is 21.5 Å². The van der Waals surface area contributed by atoms with Gasteiger partial charge in [0.25, 0.3) is 5.91 Å². The third-order valence-corrected chi connectivity index (χ3v) is 7.89. The molecule has 184 valence electrons. The van der Waals surface area contributed by atoms with Crippen molar-refractivity contribution in [2.24, 2.45) is 5.16 Å². The summed E-state index contributed by atoms with van der Waals surface area (Å²) in [5, 5.41) is 22.3. The number of hydrogen-bond donors (Lipinski definition) is 3. The van der Waals surface area contributed by atoms with E-state index in [0.29, 0.717) is 12.0 Å². The number of amides is 1. The van der Waals surface area contributed by atoms with Crippen LogP contribution >= 0.6 is 0 Å². The van der Waals surface area contributed by atoms with E-state index in [9.17, 15) is 27.1 Å². The lowest BCUT2D eigenvalue weighted by Gasteiger charge is -2.26. The summed E-state index contributed by atoms with van der Waals surface area (Å²) in [7, 11) is -3.94. The van der Waals surface area contributed by atoms with Crippen LogP contribution in [-0.2, 0) is 25.9 Å². The van der Waals surface area contributed by atoms with Gasteiger partial charge in [-0.15, -0.1) is 0 Å². The minimum Gasteiger partial charge on any atom is -0.393 e. The third kappa shape index (κ3) is 5.26. The van der Waals surface area contributed by atoms with Crippen LogP contribution in [0.4, 0.5) is 8.78 Å². The molecule has 0 saturated heterocycles. The first kappa shape index (κ1) is 25.7. The second-order valence-electron chi connectivity index (χ2n) is 8.68. The fourth-order valence-corrected chi connectivity index (χ4v) is 4.71. The zero-order valence-electron chi connectivity index (χ0n) is 18.9. The lowest BCUT2D eigenvalue weighted by atomic mass is 9.95. The highest BCUT2D eigenvalue weighted by molar-refractivity contribution is 7.92. The lowest BCUT2D eigenvalue weighted by molar-refractivity contribution is -0.132. The van der Waals surface area contributed by atoms with Crippen molar-refractivity contribution < 1.29 is 37.1 Å². The molecule has 34 heavy (non-hydrogen) atoms. The fraction of sp³-hybridized carbons (Fsp3) is 0.391. The Hall–Kier alpha value is -2.89. The van der Waals surface area contributed by atoms with Gasteiger partial charge in [0.15, 0.2) is 14.6 Å². The van der Waals surface area contributed by atoms with Gasteiger partial charge in [0.2, 0.25) is 0 Å². The Morgan fingerprint density at radius 1 is 1.24 bits per heavy atom. The highest BCUT2D eigenvalue weighted by atomic mass is 32.2. The number of aliphatic hydroxyl groups is 1. The van der Waals surface area contributed by atoms with Crippen molar-refractivity contribution in [2.75, 3.05) is 6.26 Å². The highest BCUT2D eigenvalue weighted by Crippen LogP contribution is 2.32. The molecule has 1 aliphatic rings. The maximum Gasteiger partial charge on any atom is 0.264 e. The topological polar surface area (TPSA) is 125 Å². The van der Waals surface area contributed by atoms with Crippen molar-refractivity contribution in [3.05, 3.63) is 59.2 Å². The summed E-state index contributed by atoms with van der Waals surface area (Å²) >= 11 is 0. The molecular weight excluding hydrogens is 470 g/mol. The number of hydroxylamine groups is 1. The number of carbonyl (C=O) groups excluding carboxylic acids is 1. The van der Waals surface area contributed by atoms with Crippen molar-refractivity contribution in [1.29, 1.82) is 0 Å². The summed E-state index contributed by atoms with van der Waals surface area (Å²) in [4.78, 5) is 17.3. The number of halogens is 2. The molecule has 1 heterocycles. The molecule has 2 aromatic carbocycles. The third-order valence-electron chi connectivity index (χ3n) is 5.90. The SMILES string of the molecule is C[C@@H](O)Cc1ccc(-c2c(F)cc(C3=NO[C@@H](C[C@](C)(C(=O)NO)S(C)(=O)=O)C3)cc2F)cc1. The van der Waals surface area contributed by atoms with Crippen molar-refractivity contribution in [3.8, 4) is 11.1 Å². The van der Waals surface area contributed by atoms with Crippen LogP contribution in [0.1, 0.15) is 37.8 Å². The Labute approximate surface area is 196 Å². The fourth-order valence-electron chi connectivity index (χ4n) is 3.84. The summed E-state index contributed by atoms with van der Waals surface area (Å²) in [5.41, 5.74) is 2.62. The molecule has 2 aromatic rings. The van der Waals surface area contributed by atoms with Gasteiger partial charge in [-0.3, -0.25) is 10.0 Å². The standard InChI is InChI=1S/C23H26F2N2O6S/c1-13(28)8-14-4-6-15(7-5-14)21-18(24)9-16(10-19(21)25)20-11-17(33-27-20)12-23(2,22(29)26-30)34(3,31)32/h4-7,9-10,13,17,28,30H,8,11-12H2,1-3H3,(H,26,29)/t13-,17-,23-/m1/s1. The van der Waals surface area contributed by atoms with Crippen molar-refractivity contribution in [3.63, 3.8) is 0 Å². The van der Waals surface area contributed by atoms with Crippen LogP contribution < -0.4 is 5.48 Å². The Morgan fingerprint density at radius 3 is 2.32 bits per heavy atom. The molecule has 0 aromatic heterocycles. The maximum atomic E-state index is 14.9. The average Bonchev–Trinajstić information content (AvgIpc) is 3.21. The smallest absolute Gasteiger partial charge is 0.264 e. The van der Waals surface area contributed by atoms with E-state index in [4.69, 9.17) is 10.0 Å². The summed E-state index contributed by atoms with van der Waals surface area (Å²) in [5.74, 6) is -2.75. The second-order valence-corrected chi connectivity index (χ2v) is 11.1. The summed E-state index contributed by atoms with van der Waals surface area (Å²) < 4.78 is 52.1. The summed E-state index contributed by atoms with van der Waals surface area (Å²) in [6, 6.07) is 8.75. The van der Waals surface area contributed by atoms with Gasteiger partial charge < -0.3 is 9.94 Å². The van der Waals surface area contributed by atoms with Crippen LogP contribution in [0.15, 0.2) is 41.6 Å². The molecule has 3 rings (SSSR count). The number of carbonyl (C=O) groups is 1. The molecule has 0 radical (unpaired) electrons. The van der Waals surface area contributed by atoms with Gasteiger partial charge in [0.1, 0.15) is 17.7 Å². The zero-order chi connectivity index (χ0) is 25.3. The molecule has 0 unspecified atom stereocenters. The molecule has 8 nitrogen and oxygen atoms in total. The number of rotatable bonds is 8. The zero-order valence-corrected chi connectivity index (χ0v) is 19.7. The van der Waals surface area contributed by atoms with Crippen LogP contribution in [0.5, 0.6) is 0 Å². The van der Waals surface area contributed by atoms with E-state index >= 15 is 0 Å². The van der Waals surface area contributed by atoms with E-state index in [0.717, 1.165) is 30.9 Å². The van der Waals surface area contributed by atoms with Crippen LogP contribution in [0.2, 0.25) is 0 Å². The lowest BCUT2D eigenvalue weighted by Crippen LogP contribution is -2.51. The molecule has 1 aliphatic heterocycles. The average molecular weight is 497 g/mol. The first-order valence-electron chi connectivity index (χ1n) is 10.5. The van der Waals surface area contributed by atoms with Crippen LogP contribution in [0, 0.1) is 11.6 Å². The van der Waals surface area contributed by atoms with Gasteiger partial charge in [-0.2, -0.15) is 0 Å². The Morgan fingerprint density at radius 2 is 1.82 bits per heavy atom. The number of nitrogens with zero attached hydrogens (tertiary/aromatic N) is 1. The van der Waals surface area contributed by atoms with E-state index in [1.807, 2.05) is 0 Å². The number of nitrogens with one attached hydrogen (secondary N) is 1. The van der Waals surface area contributed by atoms with E-state index in [-0.39, 0.29) is 29.7 Å². The number of sulfone groups is 1. The van der Waals surface area contributed by atoms with E-state index < -0.39 is 44.3 Å². The largest absolute Gasteiger partial charge is 0.393 e. The highest BCUT2D eigenvalue weighted by Gasteiger charge is 2.47. The van der Waals surface area contributed by atoms with Gasteiger partial charge in [-0.05, 0) is 43.5 Å². The van der Waals surface area contributed by atoms with Crippen molar-refractivity contribution in [1.82, 2.24) is 5.48 Å². The van der Waals surface area contributed by atoms with Gasteiger partial charge >= 0.3 is 0 Å². The molecule has 0 fully saturated rings. The number of hydrogen-bond acceptors (Lipinski definition) is 7. The molecule has 0 bridgehead atoms. The summed E-state index contributed by atoms with van der Waals surface area (Å²) in [6.45, 7) is 2.80. The quantitative estimate of drug-likeness (QED) is 0.381. The molecule has 0 saturated carbocycles. The normalized spacial score (nSPS) is 18.6. The molecule has 1 amide bonds. The minimum atomic E-state index is -3.94. The van der Waals surface area contributed by atoms with E-state index in [1.165, 1.54) is 5.48 Å². The van der Waals surface area contributed by atoms with Crippen LogP contribution in [-0.4, -0.2) is 53.6 Å². The van der Waals surface area contributed by atoms with Gasteiger partial charge in [0, 0.05) is 24.7 Å². The molecule has 0 spiro atoms. The van der Waals surface area contributed by atoms with E-state index in [1.54, 1.807) is 31.2 Å². The minimum absolute atomic E-state index is 0.0100. The van der Waals surface area contributed by atoms with Gasteiger partial charge in [-0.25, -0.2) is 22.7 Å². The Balaban J connectivity index is 1.80. The maximum absolute atomic E-state index is 14.9. The Kier molecular flexibility index (Phi) is 7.39. The predicted octanol–water partition coefficient (Wildman–Crippen LogP) is 2.75. The van der Waals surface area contributed by atoms with Gasteiger partial charge in [0.05, 0.1) is 17.4 Å². The second kappa shape index (κ2) is 9.77. The first-order valence-corrected chi connectivity index (χ1v) is 12.4. The Bertz CT molecular complexity index is 1190. The number of aliphatic hydroxyl groups excluding tert-OH is 1. The molecular formula is C23H26F2N2O6S. The molecule has 3 atom stereocenters. The number of oxime groups is 1. The van der Waals surface area contributed by atoms with Crippen LogP contribution in [0.25, 0.3) is 11.1 Å². The molecule has 3 N–H and O–H groups in total.